The molecule has 0 aliphatic rings. The van der Waals surface area contributed by atoms with E-state index in [9.17, 15) is 0 Å². The van der Waals surface area contributed by atoms with Crippen LogP contribution in [-0.2, 0) is 0 Å². The molecule has 0 amide bonds. The van der Waals surface area contributed by atoms with Gasteiger partial charge in [-0.1, -0.05) is 120 Å². The molecule has 0 saturated carbocycles. The summed E-state index contributed by atoms with van der Waals surface area (Å²) in [7, 11) is 32.5. The fourth-order valence-electron chi connectivity index (χ4n) is 8.22. The van der Waals surface area contributed by atoms with E-state index in [1.54, 1.807) is 0 Å². The summed E-state index contributed by atoms with van der Waals surface area (Å²) >= 11 is 0. The molecule has 10 aromatic rings. The minimum Gasteiger partial charge on any atom is -0.112 e. The lowest BCUT2D eigenvalue weighted by Crippen LogP contribution is -2.55. The van der Waals surface area contributed by atoms with Crippen LogP contribution in [0.1, 0.15) is 0 Å². The summed E-state index contributed by atoms with van der Waals surface area (Å²) in [5, 5.41) is 14.7. The molecular formula is C44H21B5. The summed E-state index contributed by atoms with van der Waals surface area (Å²) in [5.41, 5.74) is 7.00. The third-order valence-electron chi connectivity index (χ3n) is 10.6. The second-order valence-electron chi connectivity index (χ2n) is 13.2. The van der Waals surface area contributed by atoms with E-state index in [2.05, 4.69) is 127 Å². The SMILES string of the molecule is [B]c1c([B])c([B])c(-c2cc(-c3ccc4ccc5cccc6ccc3c4c56)cc(-c3ccc4ccc5cccc6ccc3c4c56)c2)c([B])c1[B]. The van der Waals surface area contributed by atoms with Gasteiger partial charge in [-0.15, -0.1) is 16.4 Å². The Bertz CT molecular complexity index is 2770. The lowest BCUT2D eigenvalue weighted by atomic mass is 9.59. The zero-order valence-corrected chi connectivity index (χ0v) is 26.5. The Kier molecular flexibility index (Phi) is 6.01. The van der Waals surface area contributed by atoms with Crippen LogP contribution in [0.2, 0.25) is 0 Å². The average molecular weight is 604 g/mol. The van der Waals surface area contributed by atoms with Gasteiger partial charge < -0.3 is 0 Å². The topological polar surface area (TPSA) is 0 Å². The molecule has 0 atom stereocenters. The van der Waals surface area contributed by atoms with Crippen LogP contribution in [0.3, 0.4) is 0 Å². The predicted molar refractivity (Wildman–Crippen MR) is 217 cm³/mol. The second kappa shape index (κ2) is 10.3. The summed E-state index contributed by atoms with van der Waals surface area (Å²) in [4.78, 5) is 0. The van der Waals surface area contributed by atoms with Gasteiger partial charge in [0.25, 0.3) is 0 Å². The van der Waals surface area contributed by atoms with Crippen LogP contribution in [0, 0.1) is 0 Å². The highest BCUT2D eigenvalue weighted by Gasteiger charge is 2.19. The van der Waals surface area contributed by atoms with Gasteiger partial charge in [0.2, 0.25) is 0 Å². The van der Waals surface area contributed by atoms with Crippen molar-refractivity contribution in [3.8, 4) is 33.4 Å². The van der Waals surface area contributed by atoms with Gasteiger partial charge in [-0.2, -0.15) is 0 Å². The first-order chi connectivity index (χ1) is 23.9. The first-order valence-electron chi connectivity index (χ1n) is 16.4. The Morgan fingerprint density at radius 1 is 0.286 bits per heavy atom. The molecule has 10 radical (unpaired) electrons. The standard InChI is InChI=1S/C44H21B5/c45-40-39(41(46)43(48)44(49)42(40)47)30-20-28(31-15-11-26-9-7-22-3-1-5-24-13-17-33(31)37(26)35(22)24)19-29(21-30)32-16-12-27-10-8-23-4-2-6-25-14-18-34(32)38(27)36(23)25/h1-21H. The van der Waals surface area contributed by atoms with Crippen molar-refractivity contribution in [2.45, 2.75) is 0 Å². The number of rotatable bonds is 3. The summed E-state index contributed by atoms with van der Waals surface area (Å²) in [5.74, 6) is 0. The summed E-state index contributed by atoms with van der Waals surface area (Å²) in [6.07, 6.45) is 0. The minimum atomic E-state index is 0.202. The van der Waals surface area contributed by atoms with Crippen molar-refractivity contribution in [3.05, 3.63) is 127 Å². The van der Waals surface area contributed by atoms with E-state index in [0.29, 0.717) is 16.5 Å². The van der Waals surface area contributed by atoms with Gasteiger partial charge in [0.15, 0.2) is 0 Å². The first-order valence-corrected chi connectivity index (χ1v) is 16.4. The Hall–Kier alpha value is -5.40. The third kappa shape index (κ3) is 3.99. The Morgan fingerprint density at radius 3 is 1.04 bits per heavy atom. The lowest BCUT2D eigenvalue weighted by Gasteiger charge is -2.23. The molecule has 0 N–H and O–H groups in total. The molecule has 0 fully saturated rings. The zero-order chi connectivity index (χ0) is 33.1. The summed E-state index contributed by atoms with van der Waals surface area (Å²) in [6.45, 7) is 0. The molecule has 0 spiro atoms. The van der Waals surface area contributed by atoms with E-state index in [-0.39, 0.29) is 16.4 Å². The van der Waals surface area contributed by atoms with Crippen molar-refractivity contribution in [3.63, 3.8) is 0 Å². The predicted octanol–water partition coefficient (Wildman–Crippen LogP) is 6.45. The molecule has 0 aliphatic heterocycles. The van der Waals surface area contributed by atoms with Crippen LogP contribution in [-0.4, -0.2) is 39.2 Å². The van der Waals surface area contributed by atoms with Gasteiger partial charge >= 0.3 is 0 Å². The molecule has 0 nitrogen and oxygen atoms in total. The zero-order valence-electron chi connectivity index (χ0n) is 26.5. The summed E-state index contributed by atoms with van der Waals surface area (Å²) in [6, 6.07) is 46.1. The fraction of sp³-hybridized carbons (Fsp3) is 0. The van der Waals surface area contributed by atoms with Crippen LogP contribution in [0.15, 0.2) is 127 Å². The molecule has 5 heteroatoms. The molecular weight excluding hydrogens is 583 g/mol. The average Bonchev–Trinajstić information content (AvgIpc) is 3.14. The van der Waals surface area contributed by atoms with Gasteiger partial charge in [0, 0.05) is 0 Å². The van der Waals surface area contributed by atoms with Gasteiger partial charge in [-0.05, 0) is 116 Å². The minimum absolute atomic E-state index is 0.202. The lowest BCUT2D eigenvalue weighted by molar-refractivity contribution is 1.63. The van der Waals surface area contributed by atoms with Gasteiger partial charge in [-0.3, -0.25) is 0 Å². The molecule has 212 valence electrons. The molecule has 0 bridgehead atoms. The molecule has 0 unspecified atom stereocenters. The maximum Gasteiger partial charge on any atom is 0.113 e. The molecule has 10 rings (SSSR count). The number of hydrogen-bond donors (Lipinski definition) is 0. The monoisotopic (exact) mass is 604 g/mol. The highest BCUT2D eigenvalue weighted by atomic mass is 14.2. The summed E-state index contributed by atoms with van der Waals surface area (Å²) < 4.78 is 0. The molecule has 0 aliphatic carbocycles. The molecule has 49 heavy (non-hydrogen) atoms. The molecule has 0 aromatic heterocycles. The number of hydrogen-bond acceptors (Lipinski definition) is 0. The van der Waals surface area contributed by atoms with Crippen LogP contribution in [0.4, 0.5) is 0 Å². The smallest absolute Gasteiger partial charge is 0.112 e. The largest absolute Gasteiger partial charge is 0.113 e. The van der Waals surface area contributed by atoms with Crippen LogP contribution in [0.25, 0.3) is 98.0 Å². The Morgan fingerprint density at radius 2 is 0.612 bits per heavy atom. The maximum absolute atomic E-state index is 6.70. The van der Waals surface area contributed by atoms with Crippen molar-refractivity contribution in [2.24, 2.45) is 0 Å². The third-order valence-corrected chi connectivity index (χ3v) is 10.6. The molecule has 0 saturated heterocycles. The quantitative estimate of drug-likeness (QED) is 0.161. The van der Waals surface area contributed by atoms with E-state index in [1.165, 1.54) is 64.6 Å². The van der Waals surface area contributed by atoms with Crippen LogP contribution in [0.5, 0.6) is 0 Å². The van der Waals surface area contributed by atoms with Gasteiger partial charge in [0.1, 0.15) is 39.2 Å². The normalized spacial score (nSPS) is 12.1. The van der Waals surface area contributed by atoms with Gasteiger partial charge in [-0.25, -0.2) is 0 Å². The fourth-order valence-corrected chi connectivity index (χ4v) is 8.22. The Balaban J connectivity index is 1.32. The van der Waals surface area contributed by atoms with E-state index in [1.807, 2.05) is 0 Å². The van der Waals surface area contributed by atoms with E-state index < -0.39 is 0 Å². The van der Waals surface area contributed by atoms with E-state index in [0.717, 1.165) is 27.8 Å². The van der Waals surface area contributed by atoms with Crippen molar-refractivity contribution in [1.29, 1.82) is 0 Å². The van der Waals surface area contributed by atoms with E-state index in [4.69, 9.17) is 39.2 Å². The van der Waals surface area contributed by atoms with Crippen LogP contribution < -0.4 is 27.3 Å². The molecule has 0 heterocycles. The second-order valence-corrected chi connectivity index (χ2v) is 13.2. The maximum atomic E-state index is 6.70. The highest BCUT2D eigenvalue weighted by Crippen LogP contribution is 2.43. The van der Waals surface area contributed by atoms with Crippen molar-refractivity contribution in [1.82, 2.24) is 0 Å². The van der Waals surface area contributed by atoms with E-state index >= 15 is 0 Å². The van der Waals surface area contributed by atoms with Crippen LogP contribution >= 0.6 is 0 Å². The van der Waals surface area contributed by atoms with Crippen molar-refractivity contribution in [2.75, 3.05) is 0 Å². The number of benzene rings is 10. The molecule has 10 aromatic carbocycles. The van der Waals surface area contributed by atoms with Crippen molar-refractivity contribution < 1.29 is 0 Å². The van der Waals surface area contributed by atoms with Crippen molar-refractivity contribution >= 4 is 131 Å². The Labute approximate surface area is 290 Å². The first kappa shape index (κ1) is 28.6. The van der Waals surface area contributed by atoms with Gasteiger partial charge in [0.05, 0.1) is 0 Å². The highest BCUT2D eigenvalue weighted by molar-refractivity contribution is 6.68.